The van der Waals surface area contributed by atoms with Crippen LogP contribution in [0.15, 0.2) is 6.07 Å². The fourth-order valence-electron chi connectivity index (χ4n) is 2.68. The van der Waals surface area contributed by atoms with E-state index in [-0.39, 0.29) is 5.91 Å². The molecule has 6 nitrogen and oxygen atoms in total. The van der Waals surface area contributed by atoms with E-state index in [9.17, 15) is 9.59 Å². The fourth-order valence-corrected chi connectivity index (χ4v) is 2.68. The van der Waals surface area contributed by atoms with Gasteiger partial charge in [-0.05, 0) is 19.3 Å². The van der Waals surface area contributed by atoms with Crippen LogP contribution in [0.1, 0.15) is 26.5 Å². The van der Waals surface area contributed by atoms with Crippen LogP contribution in [0.25, 0.3) is 0 Å². The Morgan fingerprint density at radius 1 is 1.47 bits per heavy atom. The molecule has 2 rings (SSSR count). The average Bonchev–Trinajstić information content (AvgIpc) is 2.71. The maximum atomic E-state index is 12.1. The number of hydrogen-bond acceptors (Lipinski definition) is 3. The summed E-state index contributed by atoms with van der Waals surface area (Å²) in [5.41, 5.74) is 0.473. The van der Waals surface area contributed by atoms with Gasteiger partial charge in [-0.3, -0.25) is 14.3 Å². The van der Waals surface area contributed by atoms with Crippen molar-refractivity contribution in [1.82, 2.24) is 9.78 Å². The molecule has 6 heteroatoms. The Kier molecular flexibility index (Phi) is 3.12. The highest BCUT2D eigenvalue weighted by molar-refractivity contribution is 5.99. The van der Waals surface area contributed by atoms with Gasteiger partial charge in [0.25, 0.3) is 0 Å². The van der Waals surface area contributed by atoms with Gasteiger partial charge in [0.05, 0.1) is 11.8 Å². The number of nitrogens with zero attached hydrogens (tertiary/aromatic N) is 2. The van der Waals surface area contributed by atoms with Crippen molar-refractivity contribution in [3.8, 4) is 0 Å². The molecule has 19 heavy (non-hydrogen) atoms. The highest BCUT2D eigenvalue weighted by Gasteiger charge is 2.65. The molecule has 1 aromatic heterocycles. The Balaban J connectivity index is 2.08. The van der Waals surface area contributed by atoms with Crippen LogP contribution in [0, 0.1) is 24.2 Å². The number of anilines is 1. The molecule has 1 heterocycles. The van der Waals surface area contributed by atoms with Crippen LogP contribution < -0.4 is 5.32 Å². The molecule has 1 aliphatic carbocycles. The van der Waals surface area contributed by atoms with E-state index < -0.39 is 23.2 Å². The highest BCUT2D eigenvalue weighted by atomic mass is 16.4. The molecule has 0 aliphatic heterocycles. The molecule has 1 aromatic rings. The van der Waals surface area contributed by atoms with Gasteiger partial charge in [0, 0.05) is 18.3 Å². The van der Waals surface area contributed by atoms with Gasteiger partial charge in [-0.2, -0.15) is 5.10 Å². The number of rotatable bonds is 4. The number of aryl methyl sites for hydroxylation is 2. The lowest BCUT2D eigenvalue weighted by molar-refractivity contribution is -0.140. The summed E-state index contributed by atoms with van der Waals surface area (Å²) in [4.78, 5) is 23.1. The largest absolute Gasteiger partial charge is 0.481 e. The number of carbonyl (C=O) groups is 2. The topological polar surface area (TPSA) is 84.2 Å². The second-order valence-electron chi connectivity index (χ2n) is 5.59. The van der Waals surface area contributed by atoms with Crippen molar-refractivity contribution in [2.75, 3.05) is 5.32 Å². The van der Waals surface area contributed by atoms with Crippen molar-refractivity contribution < 1.29 is 14.7 Å². The molecule has 0 unspecified atom stereocenters. The van der Waals surface area contributed by atoms with Crippen molar-refractivity contribution >= 4 is 17.7 Å². The molecule has 1 aliphatic rings. The lowest BCUT2D eigenvalue weighted by atomic mass is 10.1. The van der Waals surface area contributed by atoms with E-state index in [1.54, 1.807) is 24.6 Å². The number of carboxylic acid groups (broad SMARTS) is 1. The lowest BCUT2D eigenvalue weighted by Crippen LogP contribution is -2.18. The molecule has 1 saturated carbocycles. The zero-order valence-corrected chi connectivity index (χ0v) is 11.6. The molecule has 2 N–H and O–H groups in total. The lowest BCUT2D eigenvalue weighted by Gasteiger charge is -2.02. The first-order valence-corrected chi connectivity index (χ1v) is 6.37. The Morgan fingerprint density at radius 2 is 2.11 bits per heavy atom. The summed E-state index contributed by atoms with van der Waals surface area (Å²) >= 11 is 0. The molecule has 0 bridgehead atoms. The van der Waals surface area contributed by atoms with Crippen molar-refractivity contribution in [2.24, 2.45) is 17.3 Å². The Hall–Kier alpha value is -1.85. The number of hydrogen-bond donors (Lipinski definition) is 2. The first kappa shape index (κ1) is 13.6. The summed E-state index contributed by atoms with van der Waals surface area (Å²) in [6, 6.07) is 1.78. The summed E-state index contributed by atoms with van der Waals surface area (Å²) in [5, 5.41) is 16.0. The second kappa shape index (κ2) is 4.36. The predicted octanol–water partition coefficient (Wildman–Crippen LogP) is 1.51. The Morgan fingerprint density at radius 3 is 2.53 bits per heavy atom. The van der Waals surface area contributed by atoms with E-state index >= 15 is 0 Å². The van der Waals surface area contributed by atoms with Gasteiger partial charge in [-0.15, -0.1) is 0 Å². The maximum absolute atomic E-state index is 12.1. The normalized spacial score (nSPS) is 24.0. The number of aliphatic carboxylic acids is 1. The minimum absolute atomic E-state index is 0.266. The number of carbonyl (C=O) groups excluding carboxylic acids is 1. The first-order valence-electron chi connectivity index (χ1n) is 6.37. The molecule has 1 amide bonds. The summed E-state index contributed by atoms with van der Waals surface area (Å²) in [6.45, 7) is 8.20. The zero-order chi connectivity index (χ0) is 14.4. The third kappa shape index (κ3) is 2.22. The molecule has 0 radical (unpaired) electrons. The molecular weight excluding hydrogens is 246 g/mol. The van der Waals surface area contributed by atoms with Crippen LogP contribution in [0.2, 0.25) is 0 Å². The quantitative estimate of drug-likeness (QED) is 0.864. The molecular formula is C13H19N3O3. The van der Waals surface area contributed by atoms with E-state index in [4.69, 9.17) is 5.11 Å². The maximum Gasteiger partial charge on any atom is 0.307 e. The Labute approximate surface area is 111 Å². The number of aromatic nitrogens is 2. The van der Waals surface area contributed by atoms with E-state index in [1.807, 2.05) is 13.8 Å². The SMILES string of the molecule is CCn1nc(NC(=O)[C@H]2[C@@H](C(=O)O)C2(C)C)cc1C. The molecule has 104 valence electrons. The summed E-state index contributed by atoms with van der Waals surface area (Å²) < 4.78 is 1.78. The van der Waals surface area contributed by atoms with Crippen LogP contribution in [0.4, 0.5) is 5.82 Å². The van der Waals surface area contributed by atoms with Crippen molar-refractivity contribution in [3.63, 3.8) is 0 Å². The van der Waals surface area contributed by atoms with Gasteiger partial charge >= 0.3 is 5.97 Å². The molecule has 0 aromatic carbocycles. The van der Waals surface area contributed by atoms with Gasteiger partial charge < -0.3 is 10.4 Å². The van der Waals surface area contributed by atoms with Crippen molar-refractivity contribution in [1.29, 1.82) is 0 Å². The van der Waals surface area contributed by atoms with Crippen molar-refractivity contribution in [3.05, 3.63) is 11.8 Å². The minimum Gasteiger partial charge on any atom is -0.481 e. The van der Waals surface area contributed by atoms with Gasteiger partial charge in [0.15, 0.2) is 5.82 Å². The van der Waals surface area contributed by atoms with E-state index in [1.165, 1.54) is 0 Å². The summed E-state index contributed by atoms with van der Waals surface area (Å²) in [5.74, 6) is -1.80. The number of nitrogens with one attached hydrogen (secondary N) is 1. The van der Waals surface area contributed by atoms with Crippen LogP contribution >= 0.6 is 0 Å². The first-order chi connectivity index (χ1) is 8.78. The molecule has 2 atom stereocenters. The summed E-state index contributed by atoms with van der Waals surface area (Å²) in [7, 11) is 0. The van der Waals surface area contributed by atoms with Crippen LogP contribution in [0.3, 0.4) is 0 Å². The Bertz CT molecular complexity index is 533. The number of carboxylic acids is 1. The van der Waals surface area contributed by atoms with Crippen molar-refractivity contribution in [2.45, 2.75) is 34.2 Å². The third-order valence-electron chi connectivity index (χ3n) is 3.91. The molecule has 1 fully saturated rings. The highest BCUT2D eigenvalue weighted by Crippen LogP contribution is 2.58. The minimum atomic E-state index is -0.916. The van der Waals surface area contributed by atoms with Gasteiger partial charge in [-0.25, -0.2) is 0 Å². The van der Waals surface area contributed by atoms with E-state index in [0.717, 1.165) is 12.2 Å². The monoisotopic (exact) mass is 265 g/mol. The molecule has 0 spiro atoms. The van der Waals surface area contributed by atoms with E-state index in [0.29, 0.717) is 5.82 Å². The molecule has 0 saturated heterocycles. The smallest absolute Gasteiger partial charge is 0.307 e. The average molecular weight is 265 g/mol. The number of amides is 1. The summed E-state index contributed by atoms with van der Waals surface area (Å²) in [6.07, 6.45) is 0. The van der Waals surface area contributed by atoms with Gasteiger partial charge in [0.2, 0.25) is 5.91 Å². The predicted molar refractivity (Wildman–Crippen MR) is 69.7 cm³/mol. The van der Waals surface area contributed by atoms with Gasteiger partial charge in [-0.1, -0.05) is 13.8 Å². The second-order valence-corrected chi connectivity index (χ2v) is 5.59. The van der Waals surface area contributed by atoms with Crippen LogP contribution in [-0.2, 0) is 16.1 Å². The van der Waals surface area contributed by atoms with E-state index in [2.05, 4.69) is 10.4 Å². The van der Waals surface area contributed by atoms with Crippen LogP contribution in [0.5, 0.6) is 0 Å². The standard InChI is InChI=1S/C13H19N3O3/c1-5-16-7(2)6-8(15-16)14-11(17)9-10(12(18)19)13(9,3)4/h6,9-10H,5H2,1-4H3,(H,18,19)(H,14,15,17)/t9-,10+/m1/s1. The fraction of sp³-hybridized carbons (Fsp3) is 0.615. The third-order valence-corrected chi connectivity index (χ3v) is 3.91. The van der Waals surface area contributed by atoms with Gasteiger partial charge in [0.1, 0.15) is 0 Å². The van der Waals surface area contributed by atoms with Crippen LogP contribution in [-0.4, -0.2) is 26.8 Å². The zero-order valence-electron chi connectivity index (χ0n) is 11.6.